The average Bonchev–Trinajstić information content (AvgIpc) is 3.10. The molecular weight excluding hydrogens is 412 g/mol. The van der Waals surface area contributed by atoms with Crippen LogP contribution in [0, 0.1) is 11.3 Å². The van der Waals surface area contributed by atoms with Crippen molar-refractivity contribution < 1.29 is 14.3 Å². The third kappa shape index (κ3) is 5.17. The number of nitrogens with one attached hydrogen (secondary N) is 2. The maximum Gasteiger partial charge on any atom is 0.317 e. The smallest absolute Gasteiger partial charge is 0.317 e. The number of thiophene rings is 1. The van der Waals surface area contributed by atoms with Gasteiger partial charge in [-0.05, 0) is 43.4 Å². The highest BCUT2D eigenvalue weighted by atomic mass is 32.1. The largest absolute Gasteiger partial charge is 0.494 e. The molecule has 2 heterocycles. The van der Waals surface area contributed by atoms with Crippen molar-refractivity contribution in [2.45, 2.75) is 46.1 Å². The number of carbonyl (C=O) groups excluding carboxylic acids is 2. The number of hydrogen-bond donors (Lipinski definition) is 2. The van der Waals surface area contributed by atoms with Gasteiger partial charge in [-0.15, -0.1) is 11.3 Å². The maximum atomic E-state index is 12.8. The average molecular weight is 441 g/mol. The fourth-order valence-corrected chi connectivity index (χ4v) is 5.02. The summed E-state index contributed by atoms with van der Waals surface area (Å²) in [5.41, 5.74) is 2.45. The highest BCUT2D eigenvalue weighted by molar-refractivity contribution is 7.16. The Bertz CT molecular complexity index is 995. The first-order valence-electron chi connectivity index (χ1n) is 10.6. The summed E-state index contributed by atoms with van der Waals surface area (Å²) in [5, 5.41) is 16.0. The minimum Gasteiger partial charge on any atom is -0.494 e. The lowest BCUT2D eigenvalue weighted by Crippen LogP contribution is -2.42. The number of fused-ring (bicyclic) bond motifs is 1. The van der Waals surface area contributed by atoms with Gasteiger partial charge in [0.1, 0.15) is 16.8 Å². The second kappa shape index (κ2) is 10.3. The first-order valence-corrected chi connectivity index (χ1v) is 11.4. The van der Waals surface area contributed by atoms with E-state index in [2.05, 4.69) is 16.7 Å². The quantitative estimate of drug-likeness (QED) is 0.673. The molecule has 0 saturated carbocycles. The van der Waals surface area contributed by atoms with Crippen LogP contribution in [-0.2, 0) is 17.8 Å². The SMILES string of the molecule is CCNC(=O)N1CCc2c(sc(NC(=O)CC(C)c3ccccc3OCC)c2C#N)C1. The minimum atomic E-state index is -0.144. The summed E-state index contributed by atoms with van der Waals surface area (Å²) in [6.45, 7) is 7.96. The molecule has 3 amide bonds. The predicted octanol–water partition coefficient (Wildman–Crippen LogP) is 4.24. The molecule has 7 nitrogen and oxygen atoms in total. The molecule has 31 heavy (non-hydrogen) atoms. The van der Waals surface area contributed by atoms with E-state index in [0.717, 1.165) is 21.8 Å². The van der Waals surface area contributed by atoms with E-state index in [1.807, 2.05) is 45.0 Å². The molecule has 1 atom stereocenters. The van der Waals surface area contributed by atoms with Gasteiger partial charge >= 0.3 is 6.03 Å². The summed E-state index contributed by atoms with van der Waals surface area (Å²) in [7, 11) is 0. The molecule has 0 aliphatic carbocycles. The molecule has 2 aromatic rings. The molecule has 1 unspecified atom stereocenters. The molecule has 1 aromatic carbocycles. The highest BCUT2D eigenvalue weighted by Crippen LogP contribution is 2.37. The number of benzene rings is 1. The number of amides is 3. The fraction of sp³-hybridized carbons (Fsp3) is 0.435. The summed E-state index contributed by atoms with van der Waals surface area (Å²) >= 11 is 1.39. The number of nitrogens with zero attached hydrogens (tertiary/aromatic N) is 2. The molecule has 1 aromatic heterocycles. The van der Waals surface area contributed by atoms with Crippen LogP contribution in [0.1, 0.15) is 54.7 Å². The topological polar surface area (TPSA) is 94.5 Å². The van der Waals surface area contributed by atoms with E-state index in [9.17, 15) is 14.9 Å². The van der Waals surface area contributed by atoms with Crippen LogP contribution in [0.25, 0.3) is 0 Å². The van der Waals surface area contributed by atoms with Crippen LogP contribution in [0.2, 0.25) is 0 Å². The molecule has 0 saturated heterocycles. The van der Waals surface area contributed by atoms with Crippen LogP contribution in [-0.4, -0.2) is 36.5 Å². The number of para-hydroxylation sites is 1. The predicted molar refractivity (Wildman–Crippen MR) is 121 cm³/mol. The molecular formula is C23H28N4O3S. The van der Waals surface area contributed by atoms with Crippen molar-refractivity contribution in [3.05, 3.63) is 45.8 Å². The van der Waals surface area contributed by atoms with E-state index in [-0.39, 0.29) is 24.3 Å². The third-order valence-corrected chi connectivity index (χ3v) is 6.41. The number of nitriles is 1. The molecule has 8 heteroatoms. The van der Waals surface area contributed by atoms with Gasteiger partial charge in [-0.25, -0.2) is 4.79 Å². The number of anilines is 1. The van der Waals surface area contributed by atoms with Crippen molar-refractivity contribution in [2.75, 3.05) is 25.0 Å². The van der Waals surface area contributed by atoms with Gasteiger partial charge in [0, 0.05) is 24.4 Å². The molecule has 2 N–H and O–H groups in total. The van der Waals surface area contributed by atoms with Crippen LogP contribution in [0.3, 0.4) is 0 Å². The van der Waals surface area contributed by atoms with Gasteiger partial charge < -0.3 is 20.3 Å². The lowest BCUT2D eigenvalue weighted by Gasteiger charge is -2.26. The van der Waals surface area contributed by atoms with E-state index >= 15 is 0 Å². The first kappa shape index (κ1) is 22.6. The van der Waals surface area contributed by atoms with Gasteiger partial charge in [-0.3, -0.25) is 4.79 Å². The zero-order chi connectivity index (χ0) is 22.4. The molecule has 3 rings (SSSR count). The van der Waals surface area contributed by atoms with Crippen molar-refractivity contribution in [1.29, 1.82) is 5.26 Å². The third-order valence-electron chi connectivity index (χ3n) is 5.28. The minimum absolute atomic E-state index is 0.0314. The van der Waals surface area contributed by atoms with E-state index in [1.54, 1.807) is 4.90 Å². The van der Waals surface area contributed by atoms with E-state index in [4.69, 9.17) is 4.74 Å². The van der Waals surface area contributed by atoms with Crippen molar-refractivity contribution in [1.82, 2.24) is 10.2 Å². The van der Waals surface area contributed by atoms with Crippen molar-refractivity contribution in [3.8, 4) is 11.8 Å². The van der Waals surface area contributed by atoms with Gasteiger partial charge in [0.25, 0.3) is 0 Å². The second-order valence-electron chi connectivity index (χ2n) is 7.45. The van der Waals surface area contributed by atoms with Crippen LogP contribution in [0.5, 0.6) is 5.75 Å². The van der Waals surface area contributed by atoms with Crippen LogP contribution in [0.4, 0.5) is 9.80 Å². The number of ether oxygens (including phenoxy) is 1. The molecule has 0 radical (unpaired) electrons. The van der Waals surface area contributed by atoms with Gasteiger partial charge in [-0.2, -0.15) is 5.26 Å². The Hall–Kier alpha value is -3.05. The van der Waals surface area contributed by atoms with Gasteiger partial charge in [0.2, 0.25) is 5.91 Å². The van der Waals surface area contributed by atoms with Crippen LogP contribution < -0.4 is 15.4 Å². The van der Waals surface area contributed by atoms with Crippen molar-refractivity contribution in [2.24, 2.45) is 0 Å². The Morgan fingerprint density at radius 3 is 2.81 bits per heavy atom. The molecule has 1 aliphatic heterocycles. The van der Waals surface area contributed by atoms with E-state index < -0.39 is 0 Å². The number of rotatable bonds is 7. The maximum absolute atomic E-state index is 12.8. The number of hydrogen-bond acceptors (Lipinski definition) is 5. The van der Waals surface area contributed by atoms with Crippen molar-refractivity contribution >= 4 is 28.3 Å². The van der Waals surface area contributed by atoms with Gasteiger partial charge in [0.05, 0.1) is 18.7 Å². The summed E-state index contributed by atoms with van der Waals surface area (Å²) in [6, 6.07) is 9.88. The monoisotopic (exact) mass is 440 g/mol. The molecule has 0 bridgehead atoms. The summed E-state index contributed by atoms with van der Waals surface area (Å²) in [5.74, 6) is 0.616. The molecule has 164 valence electrons. The highest BCUT2D eigenvalue weighted by Gasteiger charge is 2.27. The number of carbonyl (C=O) groups is 2. The zero-order valence-electron chi connectivity index (χ0n) is 18.2. The Balaban J connectivity index is 1.71. The Morgan fingerprint density at radius 1 is 1.32 bits per heavy atom. The second-order valence-corrected chi connectivity index (χ2v) is 8.56. The van der Waals surface area contributed by atoms with Crippen LogP contribution >= 0.6 is 11.3 Å². The zero-order valence-corrected chi connectivity index (χ0v) is 19.0. The van der Waals surface area contributed by atoms with E-state index in [0.29, 0.717) is 43.2 Å². The summed E-state index contributed by atoms with van der Waals surface area (Å²) in [6.07, 6.45) is 0.891. The van der Waals surface area contributed by atoms with Gasteiger partial charge in [-0.1, -0.05) is 25.1 Å². The van der Waals surface area contributed by atoms with Crippen molar-refractivity contribution in [3.63, 3.8) is 0 Å². The summed E-state index contributed by atoms with van der Waals surface area (Å²) in [4.78, 5) is 27.6. The Kier molecular flexibility index (Phi) is 7.53. The molecule has 1 aliphatic rings. The summed E-state index contributed by atoms with van der Waals surface area (Å²) < 4.78 is 5.69. The Morgan fingerprint density at radius 2 is 2.10 bits per heavy atom. The first-order chi connectivity index (χ1) is 15.0. The van der Waals surface area contributed by atoms with Gasteiger partial charge in [0.15, 0.2) is 0 Å². The molecule has 0 fully saturated rings. The lowest BCUT2D eigenvalue weighted by molar-refractivity contribution is -0.116. The van der Waals surface area contributed by atoms with E-state index in [1.165, 1.54) is 11.3 Å². The lowest BCUT2D eigenvalue weighted by atomic mass is 9.96. The number of urea groups is 1. The fourth-order valence-electron chi connectivity index (χ4n) is 3.79. The molecule has 0 spiro atoms. The standard InChI is InChI=1S/C23H28N4O3S/c1-4-25-23(29)27-11-10-17-18(13-24)22(31-20(17)14-27)26-21(28)12-15(3)16-8-6-7-9-19(16)30-5-2/h6-9,15H,4-5,10-12,14H2,1-3H3,(H,25,29)(H,26,28). The normalized spacial score (nSPS) is 13.7. The Labute approximate surface area is 187 Å². The van der Waals surface area contributed by atoms with Crippen LogP contribution in [0.15, 0.2) is 24.3 Å².